The molecule has 0 saturated carbocycles. The van der Waals surface area contributed by atoms with Gasteiger partial charge in [-0.05, 0) is 29.3 Å². The van der Waals surface area contributed by atoms with Gasteiger partial charge in [-0.15, -0.1) is 0 Å². The lowest BCUT2D eigenvalue weighted by Gasteiger charge is -2.07. The Hall–Kier alpha value is -3.33. The van der Waals surface area contributed by atoms with Gasteiger partial charge in [0.05, 0.1) is 25.5 Å². The van der Waals surface area contributed by atoms with Gasteiger partial charge in [0.25, 0.3) is 5.91 Å². The van der Waals surface area contributed by atoms with Crippen molar-refractivity contribution in [3.05, 3.63) is 65.4 Å². The van der Waals surface area contributed by atoms with Crippen LogP contribution in [0.25, 0.3) is 11.3 Å². The Balaban J connectivity index is 1.67. The van der Waals surface area contributed by atoms with Gasteiger partial charge in [-0.1, -0.05) is 29.4 Å². The normalized spacial score (nSPS) is 11.2. The number of amides is 1. The summed E-state index contributed by atoms with van der Waals surface area (Å²) >= 11 is 0. The number of ether oxygens (including phenoxy) is 2. The molecule has 0 bridgehead atoms. The summed E-state index contributed by atoms with van der Waals surface area (Å²) < 4.78 is 38.6. The van der Waals surface area contributed by atoms with E-state index in [9.17, 15) is 13.2 Å². The quantitative estimate of drug-likeness (QED) is 0.585. The minimum absolute atomic E-state index is 0.0188. The predicted molar refractivity (Wildman–Crippen MR) is 111 cm³/mol. The summed E-state index contributed by atoms with van der Waals surface area (Å²) in [4.78, 5) is 12.4. The van der Waals surface area contributed by atoms with E-state index >= 15 is 0 Å². The smallest absolute Gasteiger partial charge is 0.273 e. The van der Waals surface area contributed by atoms with Crippen LogP contribution in [0.2, 0.25) is 0 Å². The fourth-order valence-corrected chi connectivity index (χ4v) is 3.64. The van der Waals surface area contributed by atoms with E-state index in [0.29, 0.717) is 28.4 Å². The summed E-state index contributed by atoms with van der Waals surface area (Å²) in [6.45, 7) is 0.267. The lowest BCUT2D eigenvalue weighted by Crippen LogP contribution is -2.23. The number of nitrogens with zero attached hydrogens (tertiary/aromatic N) is 1. The number of rotatable bonds is 8. The minimum Gasteiger partial charge on any atom is -0.497 e. The van der Waals surface area contributed by atoms with Gasteiger partial charge in [0.15, 0.2) is 21.3 Å². The first-order valence-corrected chi connectivity index (χ1v) is 11.1. The molecule has 30 heavy (non-hydrogen) atoms. The number of carbonyl (C=O) groups excluding carboxylic acids is 1. The number of hydrogen-bond donors (Lipinski definition) is 1. The van der Waals surface area contributed by atoms with Crippen molar-refractivity contribution in [2.45, 2.75) is 12.3 Å². The average molecular weight is 430 g/mol. The molecule has 2 aromatic carbocycles. The molecule has 0 atom stereocenters. The predicted octanol–water partition coefficient (Wildman–Crippen LogP) is 2.83. The van der Waals surface area contributed by atoms with Gasteiger partial charge in [-0.3, -0.25) is 4.79 Å². The Morgan fingerprint density at radius 3 is 2.37 bits per heavy atom. The van der Waals surface area contributed by atoms with Gasteiger partial charge in [-0.25, -0.2) is 8.42 Å². The van der Waals surface area contributed by atoms with Crippen LogP contribution in [0.1, 0.15) is 21.6 Å². The van der Waals surface area contributed by atoms with Crippen LogP contribution in [0.5, 0.6) is 11.5 Å². The number of benzene rings is 2. The van der Waals surface area contributed by atoms with Crippen molar-refractivity contribution in [3.8, 4) is 22.8 Å². The third kappa shape index (κ3) is 5.38. The SMILES string of the molecule is COc1ccc(OC)c(-c2cc(C(=O)NCc3ccc(CS(C)(=O)=O)cc3)no2)c1. The molecule has 9 heteroatoms. The van der Waals surface area contributed by atoms with E-state index in [4.69, 9.17) is 14.0 Å². The second-order valence-electron chi connectivity index (χ2n) is 6.71. The molecule has 0 aliphatic carbocycles. The van der Waals surface area contributed by atoms with E-state index in [-0.39, 0.29) is 18.0 Å². The highest BCUT2D eigenvalue weighted by Gasteiger charge is 2.17. The molecule has 0 aliphatic rings. The van der Waals surface area contributed by atoms with E-state index < -0.39 is 15.7 Å². The maximum Gasteiger partial charge on any atom is 0.273 e. The number of aromatic nitrogens is 1. The molecule has 0 radical (unpaired) electrons. The second-order valence-corrected chi connectivity index (χ2v) is 8.85. The lowest BCUT2D eigenvalue weighted by atomic mass is 10.1. The maximum atomic E-state index is 12.4. The molecule has 158 valence electrons. The molecule has 0 aliphatic heterocycles. The Labute approximate surface area is 174 Å². The number of hydrogen-bond acceptors (Lipinski definition) is 7. The molecule has 1 aromatic heterocycles. The number of carbonyl (C=O) groups is 1. The van der Waals surface area contributed by atoms with Crippen molar-refractivity contribution in [2.75, 3.05) is 20.5 Å². The fraction of sp³-hybridized carbons (Fsp3) is 0.238. The van der Waals surface area contributed by atoms with Crippen LogP contribution in [0.4, 0.5) is 0 Å². The van der Waals surface area contributed by atoms with Crippen LogP contribution < -0.4 is 14.8 Å². The second kappa shape index (κ2) is 9.00. The van der Waals surface area contributed by atoms with Crippen LogP contribution in [0, 0.1) is 0 Å². The van der Waals surface area contributed by atoms with Gasteiger partial charge in [0.1, 0.15) is 11.5 Å². The number of sulfone groups is 1. The standard InChI is InChI=1S/C21H22N2O6S/c1-27-16-8-9-19(28-2)17(10-16)20-11-18(23-29-20)21(24)22-12-14-4-6-15(7-5-14)13-30(3,25)26/h4-11H,12-13H2,1-3H3,(H,22,24). The summed E-state index contributed by atoms with van der Waals surface area (Å²) in [6.07, 6.45) is 1.19. The third-order valence-electron chi connectivity index (χ3n) is 4.32. The average Bonchev–Trinajstić information content (AvgIpc) is 3.21. The first kappa shape index (κ1) is 21.4. The Kier molecular flexibility index (Phi) is 6.41. The van der Waals surface area contributed by atoms with Crippen molar-refractivity contribution in [1.82, 2.24) is 10.5 Å². The van der Waals surface area contributed by atoms with E-state index in [1.54, 1.807) is 49.6 Å². The Morgan fingerprint density at radius 2 is 1.73 bits per heavy atom. The molecule has 1 heterocycles. The molecule has 3 rings (SSSR count). The van der Waals surface area contributed by atoms with Crippen molar-refractivity contribution < 1.29 is 27.2 Å². The van der Waals surface area contributed by atoms with Crippen molar-refractivity contribution in [1.29, 1.82) is 0 Å². The molecular weight excluding hydrogens is 408 g/mol. The summed E-state index contributed by atoms with van der Waals surface area (Å²) in [5.74, 6) is 1.14. The molecule has 0 spiro atoms. The highest BCUT2D eigenvalue weighted by molar-refractivity contribution is 7.89. The van der Waals surface area contributed by atoms with E-state index in [1.165, 1.54) is 19.4 Å². The lowest BCUT2D eigenvalue weighted by molar-refractivity contribution is 0.0942. The monoisotopic (exact) mass is 430 g/mol. The van der Waals surface area contributed by atoms with Gasteiger partial charge < -0.3 is 19.3 Å². The molecule has 0 unspecified atom stereocenters. The molecule has 1 N–H and O–H groups in total. The van der Waals surface area contributed by atoms with Gasteiger partial charge in [-0.2, -0.15) is 0 Å². The number of methoxy groups -OCH3 is 2. The zero-order valence-electron chi connectivity index (χ0n) is 16.8. The van der Waals surface area contributed by atoms with Crippen molar-refractivity contribution in [2.24, 2.45) is 0 Å². The van der Waals surface area contributed by atoms with Crippen LogP contribution in [-0.4, -0.2) is 40.0 Å². The molecule has 0 fully saturated rings. The highest BCUT2D eigenvalue weighted by Crippen LogP contribution is 2.33. The number of nitrogens with one attached hydrogen (secondary N) is 1. The van der Waals surface area contributed by atoms with Crippen LogP contribution >= 0.6 is 0 Å². The molecule has 0 saturated heterocycles. The Morgan fingerprint density at radius 1 is 1.03 bits per heavy atom. The van der Waals surface area contributed by atoms with E-state index in [1.807, 2.05) is 0 Å². The van der Waals surface area contributed by atoms with Crippen molar-refractivity contribution >= 4 is 15.7 Å². The largest absolute Gasteiger partial charge is 0.497 e. The Bertz CT molecular complexity index is 1140. The van der Waals surface area contributed by atoms with Crippen LogP contribution in [-0.2, 0) is 22.1 Å². The van der Waals surface area contributed by atoms with Gasteiger partial charge >= 0.3 is 0 Å². The van der Waals surface area contributed by atoms with E-state index in [2.05, 4.69) is 10.5 Å². The summed E-state index contributed by atoms with van der Waals surface area (Å²) in [5, 5.41) is 6.60. The fourth-order valence-electron chi connectivity index (χ4n) is 2.84. The maximum absolute atomic E-state index is 12.4. The van der Waals surface area contributed by atoms with Crippen LogP contribution in [0.15, 0.2) is 53.1 Å². The highest BCUT2D eigenvalue weighted by atomic mass is 32.2. The first-order chi connectivity index (χ1) is 14.3. The zero-order chi connectivity index (χ0) is 21.7. The third-order valence-corrected chi connectivity index (χ3v) is 5.18. The molecule has 8 nitrogen and oxygen atoms in total. The summed E-state index contributed by atoms with van der Waals surface area (Å²) in [6, 6.07) is 13.8. The molecular formula is C21H22N2O6S. The van der Waals surface area contributed by atoms with Crippen molar-refractivity contribution in [3.63, 3.8) is 0 Å². The van der Waals surface area contributed by atoms with Gasteiger partial charge in [0.2, 0.25) is 0 Å². The minimum atomic E-state index is -3.09. The van der Waals surface area contributed by atoms with E-state index in [0.717, 1.165) is 5.56 Å². The zero-order valence-corrected chi connectivity index (χ0v) is 17.7. The summed E-state index contributed by atoms with van der Waals surface area (Å²) in [5.41, 5.74) is 2.27. The molecule has 3 aromatic rings. The first-order valence-electron chi connectivity index (χ1n) is 9.02. The van der Waals surface area contributed by atoms with Crippen LogP contribution in [0.3, 0.4) is 0 Å². The molecule has 1 amide bonds. The topological polar surface area (TPSA) is 108 Å². The van der Waals surface area contributed by atoms with Gasteiger partial charge in [0, 0.05) is 18.9 Å². The summed E-state index contributed by atoms with van der Waals surface area (Å²) in [7, 11) is 0.00513.